The lowest BCUT2D eigenvalue weighted by Gasteiger charge is -2.33. The Hall–Kier alpha value is -3.30. The summed E-state index contributed by atoms with van der Waals surface area (Å²) in [4.78, 5) is 26.0. The van der Waals surface area contributed by atoms with Gasteiger partial charge in [-0.25, -0.2) is 17.6 Å². The van der Waals surface area contributed by atoms with Gasteiger partial charge in [-0.15, -0.1) is 0 Å². The van der Waals surface area contributed by atoms with Gasteiger partial charge in [-0.3, -0.25) is 4.79 Å². The lowest BCUT2D eigenvalue weighted by atomic mass is 10.1. The number of hydrogen-bond acceptors (Lipinski definition) is 5. The Bertz CT molecular complexity index is 1250. The van der Waals surface area contributed by atoms with Gasteiger partial charge in [0, 0.05) is 26.2 Å². The van der Waals surface area contributed by atoms with E-state index in [1.807, 2.05) is 24.3 Å². The first-order valence-electron chi connectivity index (χ1n) is 10.0. The molecule has 1 amide bonds. The van der Waals surface area contributed by atoms with Crippen LogP contribution in [0.1, 0.15) is 10.4 Å². The van der Waals surface area contributed by atoms with Gasteiger partial charge >= 0.3 is 5.97 Å². The van der Waals surface area contributed by atoms with Crippen LogP contribution in [0.4, 0.5) is 4.39 Å². The molecule has 7 nitrogen and oxygen atoms in total. The van der Waals surface area contributed by atoms with E-state index in [-0.39, 0.29) is 36.6 Å². The van der Waals surface area contributed by atoms with Crippen molar-refractivity contribution in [1.29, 1.82) is 0 Å². The fourth-order valence-electron chi connectivity index (χ4n) is 3.54. The second-order valence-corrected chi connectivity index (χ2v) is 9.31. The predicted molar refractivity (Wildman–Crippen MR) is 116 cm³/mol. The molecule has 9 heteroatoms. The largest absolute Gasteiger partial charge is 0.452 e. The molecule has 1 heterocycles. The quantitative estimate of drug-likeness (QED) is 0.551. The summed E-state index contributed by atoms with van der Waals surface area (Å²) >= 11 is 0. The third-order valence-corrected chi connectivity index (χ3v) is 7.25. The molecule has 4 rings (SSSR count). The van der Waals surface area contributed by atoms with Crippen LogP contribution in [0.3, 0.4) is 0 Å². The molecule has 166 valence electrons. The molecule has 0 bridgehead atoms. The van der Waals surface area contributed by atoms with Crippen LogP contribution in [0, 0.1) is 5.82 Å². The summed E-state index contributed by atoms with van der Waals surface area (Å²) in [5.41, 5.74) is 0.144. The molecule has 0 aromatic heterocycles. The van der Waals surface area contributed by atoms with Gasteiger partial charge in [-0.2, -0.15) is 4.31 Å². The maximum absolute atomic E-state index is 13.0. The summed E-state index contributed by atoms with van der Waals surface area (Å²) < 4.78 is 45.4. The molecule has 1 fully saturated rings. The predicted octanol–water partition coefficient (Wildman–Crippen LogP) is 2.67. The number of hydrogen-bond donors (Lipinski definition) is 0. The van der Waals surface area contributed by atoms with Gasteiger partial charge in [-0.05, 0) is 47.2 Å². The molecule has 0 atom stereocenters. The molecule has 3 aromatic rings. The van der Waals surface area contributed by atoms with E-state index in [0.29, 0.717) is 0 Å². The smallest absolute Gasteiger partial charge is 0.338 e. The molecule has 0 radical (unpaired) electrons. The van der Waals surface area contributed by atoms with E-state index in [1.54, 1.807) is 18.2 Å². The maximum atomic E-state index is 13.0. The van der Waals surface area contributed by atoms with Crippen LogP contribution < -0.4 is 0 Å². The minimum atomic E-state index is -3.69. The van der Waals surface area contributed by atoms with Crippen molar-refractivity contribution in [3.63, 3.8) is 0 Å². The highest BCUT2D eigenvalue weighted by atomic mass is 32.2. The topological polar surface area (TPSA) is 84.0 Å². The zero-order chi connectivity index (χ0) is 22.7. The molecule has 32 heavy (non-hydrogen) atoms. The van der Waals surface area contributed by atoms with Crippen molar-refractivity contribution >= 4 is 32.7 Å². The Balaban J connectivity index is 1.34. The van der Waals surface area contributed by atoms with E-state index >= 15 is 0 Å². The molecule has 0 N–H and O–H groups in total. The highest BCUT2D eigenvalue weighted by molar-refractivity contribution is 7.89. The van der Waals surface area contributed by atoms with Crippen LogP contribution in [0.2, 0.25) is 0 Å². The minimum absolute atomic E-state index is 0.144. The lowest BCUT2D eigenvalue weighted by Crippen LogP contribution is -2.51. The second-order valence-electron chi connectivity index (χ2n) is 7.38. The Morgan fingerprint density at radius 2 is 1.53 bits per heavy atom. The van der Waals surface area contributed by atoms with Crippen LogP contribution in [0.25, 0.3) is 10.8 Å². The average Bonchev–Trinajstić information content (AvgIpc) is 2.82. The minimum Gasteiger partial charge on any atom is -0.452 e. The standard InChI is InChI=1S/C23H21FN2O5S/c24-20-8-5-18(6-9-20)23(28)31-16-22(27)25-11-13-26(14-12-25)32(29,30)21-10-7-17-3-1-2-4-19(17)15-21/h1-10,15H,11-14,16H2. The highest BCUT2D eigenvalue weighted by Crippen LogP contribution is 2.23. The number of benzene rings is 3. The monoisotopic (exact) mass is 456 g/mol. The molecule has 0 aliphatic carbocycles. The van der Waals surface area contributed by atoms with Crippen molar-refractivity contribution in [3.8, 4) is 0 Å². The van der Waals surface area contributed by atoms with Gasteiger partial charge in [0.2, 0.25) is 10.0 Å². The van der Waals surface area contributed by atoms with Gasteiger partial charge in [0.25, 0.3) is 5.91 Å². The fraction of sp³-hybridized carbons (Fsp3) is 0.217. The number of rotatable bonds is 5. The molecular weight excluding hydrogens is 435 g/mol. The first-order chi connectivity index (χ1) is 15.3. The first kappa shape index (κ1) is 21.9. The highest BCUT2D eigenvalue weighted by Gasteiger charge is 2.30. The Morgan fingerprint density at radius 1 is 0.875 bits per heavy atom. The Labute approximate surface area is 185 Å². The molecule has 0 saturated carbocycles. The van der Waals surface area contributed by atoms with Crippen molar-refractivity contribution in [2.75, 3.05) is 32.8 Å². The molecule has 0 unspecified atom stereocenters. The Morgan fingerprint density at radius 3 is 2.22 bits per heavy atom. The van der Waals surface area contributed by atoms with Crippen LogP contribution >= 0.6 is 0 Å². The van der Waals surface area contributed by atoms with E-state index in [4.69, 9.17) is 4.74 Å². The Kier molecular flexibility index (Phi) is 6.20. The molecule has 1 aliphatic heterocycles. The number of carbonyl (C=O) groups is 2. The molecule has 0 spiro atoms. The number of carbonyl (C=O) groups excluding carboxylic acids is 2. The SMILES string of the molecule is O=C(OCC(=O)N1CCN(S(=O)(=O)c2ccc3ccccc3c2)CC1)c1ccc(F)cc1. The number of piperazine rings is 1. The van der Waals surface area contributed by atoms with E-state index in [1.165, 1.54) is 21.3 Å². The van der Waals surface area contributed by atoms with Crippen LogP contribution in [0.5, 0.6) is 0 Å². The van der Waals surface area contributed by atoms with E-state index < -0.39 is 34.3 Å². The van der Waals surface area contributed by atoms with Gasteiger partial charge < -0.3 is 9.64 Å². The average molecular weight is 456 g/mol. The van der Waals surface area contributed by atoms with Gasteiger partial charge in [0.15, 0.2) is 6.61 Å². The van der Waals surface area contributed by atoms with Crippen LogP contribution in [-0.2, 0) is 19.6 Å². The van der Waals surface area contributed by atoms with E-state index in [2.05, 4.69) is 0 Å². The number of nitrogens with zero attached hydrogens (tertiary/aromatic N) is 2. The van der Waals surface area contributed by atoms with Gasteiger partial charge in [0.05, 0.1) is 10.5 Å². The lowest BCUT2D eigenvalue weighted by molar-refractivity contribution is -0.135. The maximum Gasteiger partial charge on any atom is 0.338 e. The third-order valence-electron chi connectivity index (χ3n) is 5.36. The van der Waals surface area contributed by atoms with Crippen molar-refractivity contribution in [2.24, 2.45) is 0 Å². The molecule has 3 aromatic carbocycles. The van der Waals surface area contributed by atoms with E-state index in [0.717, 1.165) is 22.9 Å². The first-order valence-corrected chi connectivity index (χ1v) is 11.5. The number of ether oxygens (including phenoxy) is 1. The normalized spacial score (nSPS) is 15.0. The summed E-state index contributed by atoms with van der Waals surface area (Å²) in [6, 6.07) is 17.4. The fourth-order valence-corrected chi connectivity index (χ4v) is 5.00. The van der Waals surface area contributed by atoms with Crippen LogP contribution in [0.15, 0.2) is 71.6 Å². The number of halogens is 1. The molecule has 1 aliphatic rings. The van der Waals surface area contributed by atoms with Crippen molar-refractivity contribution in [3.05, 3.63) is 78.1 Å². The summed E-state index contributed by atoms with van der Waals surface area (Å²) in [5, 5.41) is 1.79. The second kappa shape index (κ2) is 9.05. The van der Waals surface area contributed by atoms with E-state index in [9.17, 15) is 22.4 Å². The summed E-state index contributed by atoms with van der Waals surface area (Å²) in [6.07, 6.45) is 0. The summed E-state index contributed by atoms with van der Waals surface area (Å²) in [7, 11) is -3.69. The third kappa shape index (κ3) is 4.63. The van der Waals surface area contributed by atoms with Gasteiger partial charge in [-0.1, -0.05) is 30.3 Å². The number of amides is 1. The summed E-state index contributed by atoms with van der Waals surface area (Å²) in [5.74, 6) is -1.62. The number of esters is 1. The number of fused-ring (bicyclic) bond motifs is 1. The molecule has 1 saturated heterocycles. The zero-order valence-electron chi connectivity index (χ0n) is 17.1. The van der Waals surface area contributed by atoms with Crippen LogP contribution in [-0.4, -0.2) is 62.3 Å². The van der Waals surface area contributed by atoms with Crippen molar-refractivity contribution in [1.82, 2.24) is 9.21 Å². The van der Waals surface area contributed by atoms with Gasteiger partial charge in [0.1, 0.15) is 5.82 Å². The number of sulfonamides is 1. The van der Waals surface area contributed by atoms with Crippen molar-refractivity contribution < 1.29 is 27.1 Å². The summed E-state index contributed by atoms with van der Waals surface area (Å²) in [6.45, 7) is 0.215. The van der Waals surface area contributed by atoms with Crippen molar-refractivity contribution in [2.45, 2.75) is 4.90 Å². The zero-order valence-corrected chi connectivity index (χ0v) is 17.9. The molecular formula is C23H21FN2O5S.